The lowest BCUT2D eigenvalue weighted by atomic mass is 9.85. The van der Waals surface area contributed by atoms with Crippen LogP contribution >= 0.6 is 0 Å². The maximum absolute atomic E-state index is 12.5. The summed E-state index contributed by atoms with van der Waals surface area (Å²) in [6.45, 7) is 11.2. The second-order valence-corrected chi connectivity index (χ2v) is 10.7. The van der Waals surface area contributed by atoms with Gasteiger partial charge in [-0.05, 0) is 86.5 Å². The molecule has 0 heterocycles. The molecule has 0 spiro atoms. The monoisotopic (exact) mass is 485 g/mol. The molecule has 1 atom stereocenters. The Morgan fingerprint density at radius 1 is 0.853 bits per heavy atom. The van der Waals surface area contributed by atoms with Crippen molar-refractivity contribution in [3.8, 4) is 0 Å². The summed E-state index contributed by atoms with van der Waals surface area (Å²) in [4.78, 5) is 48.3. The molecule has 0 radical (unpaired) electrons. The first-order valence-electron chi connectivity index (χ1n) is 12.0. The highest BCUT2D eigenvalue weighted by Crippen LogP contribution is 2.25. The van der Waals surface area contributed by atoms with Crippen LogP contribution in [0.1, 0.15) is 86.5 Å². The summed E-state index contributed by atoms with van der Waals surface area (Å²) in [6, 6.07) is -0.782. The number of methoxy groups -OCH3 is 1. The van der Waals surface area contributed by atoms with Gasteiger partial charge in [0.15, 0.2) is 0 Å². The number of rotatable bonds is 9. The number of nitrogens with one attached hydrogen (secondary N) is 3. The van der Waals surface area contributed by atoms with Crippen molar-refractivity contribution in [3.63, 3.8) is 0 Å². The molecule has 0 aliphatic heterocycles. The van der Waals surface area contributed by atoms with Crippen LogP contribution in [0.2, 0.25) is 0 Å². The number of alkyl carbamates (subject to hydrolysis) is 2. The first kappa shape index (κ1) is 29.5. The lowest BCUT2D eigenvalue weighted by molar-refractivity contribution is -0.143. The fourth-order valence-electron chi connectivity index (χ4n) is 3.64. The van der Waals surface area contributed by atoms with Crippen molar-refractivity contribution in [1.29, 1.82) is 0 Å². The minimum Gasteiger partial charge on any atom is -0.467 e. The van der Waals surface area contributed by atoms with Gasteiger partial charge < -0.3 is 30.2 Å². The quantitative estimate of drug-likeness (QED) is 0.259. The minimum atomic E-state index is -0.802. The molecule has 10 nitrogen and oxygen atoms in total. The van der Waals surface area contributed by atoms with E-state index in [0.29, 0.717) is 38.6 Å². The van der Waals surface area contributed by atoms with E-state index in [2.05, 4.69) is 16.0 Å². The van der Waals surface area contributed by atoms with E-state index in [9.17, 15) is 19.2 Å². The number of ether oxygens (including phenoxy) is 3. The van der Waals surface area contributed by atoms with Gasteiger partial charge in [-0.25, -0.2) is 14.4 Å². The Morgan fingerprint density at radius 3 is 1.94 bits per heavy atom. The van der Waals surface area contributed by atoms with Crippen molar-refractivity contribution >= 4 is 24.1 Å². The van der Waals surface area contributed by atoms with Crippen LogP contribution < -0.4 is 16.0 Å². The van der Waals surface area contributed by atoms with Crippen LogP contribution in [-0.2, 0) is 23.8 Å². The van der Waals surface area contributed by atoms with Gasteiger partial charge in [0, 0.05) is 18.5 Å². The Morgan fingerprint density at radius 2 is 1.41 bits per heavy atom. The molecule has 0 bridgehead atoms. The van der Waals surface area contributed by atoms with Crippen LogP contribution in [0.3, 0.4) is 0 Å². The van der Waals surface area contributed by atoms with E-state index in [-0.39, 0.29) is 17.9 Å². The zero-order valence-corrected chi connectivity index (χ0v) is 21.7. The summed E-state index contributed by atoms with van der Waals surface area (Å²) >= 11 is 0. The molecular weight excluding hydrogens is 442 g/mol. The van der Waals surface area contributed by atoms with Gasteiger partial charge in [-0.15, -0.1) is 0 Å². The lowest BCUT2D eigenvalue weighted by Crippen LogP contribution is -2.44. The summed E-state index contributed by atoms with van der Waals surface area (Å²) in [6.07, 6.45) is 3.42. The van der Waals surface area contributed by atoms with E-state index < -0.39 is 35.4 Å². The normalized spacial score (nSPS) is 19.4. The van der Waals surface area contributed by atoms with E-state index >= 15 is 0 Å². The number of hydrogen-bond acceptors (Lipinski definition) is 7. The molecule has 34 heavy (non-hydrogen) atoms. The van der Waals surface area contributed by atoms with Crippen molar-refractivity contribution < 1.29 is 33.4 Å². The maximum Gasteiger partial charge on any atom is 0.408 e. The third-order valence-corrected chi connectivity index (χ3v) is 5.21. The number of esters is 1. The summed E-state index contributed by atoms with van der Waals surface area (Å²) in [7, 11) is 1.27. The first-order valence-corrected chi connectivity index (χ1v) is 12.0. The molecule has 3 amide bonds. The molecule has 3 N–H and O–H groups in total. The van der Waals surface area contributed by atoms with Gasteiger partial charge in [0.2, 0.25) is 5.91 Å². The van der Waals surface area contributed by atoms with Crippen LogP contribution in [0.15, 0.2) is 0 Å². The van der Waals surface area contributed by atoms with Gasteiger partial charge in [0.1, 0.15) is 17.2 Å². The Labute approximate surface area is 203 Å². The molecule has 0 aromatic carbocycles. The van der Waals surface area contributed by atoms with Crippen LogP contribution in [-0.4, -0.2) is 61.0 Å². The molecule has 10 heteroatoms. The Kier molecular flexibility index (Phi) is 11.6. The van der Waals surface area contributed by atoms with Gasteiger partial charge in [-0.3, -0.25) is 4.79 Å². The average molecular weight is 486 g/mol. The number of unbranched alkanes of at least 4 members (excludes halogenated alkanes) is 1. The first-order chi connectivity index (χ1) is 15.7. The van der Waals surface area contributed by atoms with Crippen molar-refractivity contribution in [2.24, 2.45) is 5.92 Å². The number of hydrogen-bond donors (Lipinski definition) is 3. The highest BCUT2D eigenvalue weighted by atomic mass is 16.6. The highest BCUT2D eigenvalue weighted by Gasteiger charge is 2.28. The molecule has 0 saturated heterocycles. The summed E-state index contributed by atoms with van der Waals surface area (Å²) in [5.74, 6) is -0.605. The van der Waals surface area contributed by atoms with Crippen LogP contribution in [0, 0.1) is 5.92 Å². The third-order valence-electron chi connectivity index (χ3n) is 5.21. The second-order valence-electron chi connectivity index (χ2n) is 10.7. The van der Waals surface area contributed by atoms with E-state index in [4.69, 9.17) is 14.2 Å². The molecule has 0 aromatic heterocycles. The summed E-state index contributed by atoms with van der Waals surface area (Å²) < 4.78 is 15.2. The lowest BCUT2D eigenvalue weighted by Gasteiger charge is -2.29. The molecule has 1 saturated carbocycles. The van der Waals surface area contributed by atoms with E-state index in [0.717, 1.165) is 12.8 Å². The van der Waals surface area contributed by atoms with Crippen molar-refractivity contribution in [3.05, 3.63) is 0 Å². The molecule has 196 valence electrons. The zero-order valence-electron chi connectivity index (χ0n) is 21.7. The largest absolute Gasteiger partial charge is 0.467 e. The van der Waals surface area contributed by atoms with Crippen LogP contribution in [0.4, 0.5) is 9.59 Å². The highest BCUT2D eigenvalue weighted by molar-refractivity contribution is 5.81. The summed E-state index contributed by atoms with van der Waals surface area (Å²) in [5, 5.41) is 8.37. The van der Waals surface area contributed by atoms with Gasteiger partial charge in [0.25, 0.3) is 0 Å². The predicted octanol–water partition coefficient (Wildman–Crippen LogP) is 3.42. The number of carbonyl (C=O) groups excluding carboxylic acids is 4. The zero-order chi connectivity index (χ0) is 25.9. The Bertz CT molecular complexity index is 690. The van der Waals surface area contributed by atoms with E-state index in [1.807, 2.05) is 20.8 Å². The van der Waals surface area contributed by atoms with Crippen LogP contribution in [0.25, 0.3) is 0 Å². The van der Waals surface area contributed by atoms with Gasteiger partial charge in [-0.2, -0.15) is 0 Å². The smallest absolute Gasteiger partial charge is 0.408 e. The summed E-state index contributed by atoms with van der Waals surface area (Å²) in [5.41, 5.74) is -1.20. The molecular formula is C24H43N3O7. The van der Waals surface area contributed by atoms with Crippen molar-refractivity contribution in [2.45, 2.75) is 110 Å². The maximum atomic E-state index is 12.5. The molecule has 1 aliphatic carbocycles. The third kappa shape index (κ3) is 12.6. The molecule has 1 rings (SSSR count). The predicted molar refractivity (Wildman–Crippen MR) is 127 cm³/mol. The van der Waals surface area contributed by atoms with Gasteiger partial charge in [-0.1, -0.05) is 0 Å². The minimum absolute atomic E-state index is 0.00659. The molecule has 1 unspecified atom stereocenters. The fraction of sp³-hybridized carbons (Fsp3) is 0.833. The molecule has 0 aromatic rings. The molecule has 1 aliphatic rings. The topological polar surface area (TPSA) is 132 Å². The van der Waals surface area contributed by atoms with Crippen molar-refractivity contribution in [2.75, 3.05) is 13.7 Å². The Hall–Kier alpha value is -2.52. The standard InChI is InChI=1S/C24H43N3O7/c1-23(2,3)33-21(30)26-17-13-11-16(12-14-17)19(28)25-15-9-8-10-18(20(29)32-7)27-22(31)34-24(4,5)6/h16-18H,8-15H2,1-7H3,(H,25,28)(H,26,30)(H,27,31). The number of carbonyl (C=O) groups is 4. The van der Waals surface area contributed by atoms with Crippen LogP contribution in [0.5, 0.6) is 0 Å². The van der Waals surface area contributed by atoms with Crippen molar-refractivity contribution in [1.82, 2.24) is 16.0 Å². The van der Waals surface area contributed by atoms with E-state index in [1.165, 1.54) is 7.11 Å². The Balaban J connectivity index is 2.30. The number of amides is 3. The van der Waals surface area contributed by atoms with E-state index in [1.54, 1.807) is 20.8 Å². The SMILES string of the molecule is COC(=O)C(CCCCNC(=O)C1CCC(NC(=O)OC(C)(C)C)CC1)NC(=O)OC(C)(C)C. The second kappa shape index (κ2) is 13.4. The fourth-order valence-corrected chi connectivity index (χ4v) is 3.64. The molecule has 1 fully saturated rings. The van der Waals surface area contributed by atoms with Gasteiger partial charge >= 0.3 is 18.2 Å². The van der Waals surface area contributed by atoms with Gasteiger partial charge in [0.05, 0.1) is 7.11 Å². The average Bonchev–Trinajstić information content (AvgIpc) is 2.69.